The molecule has 0 heterocycles. The average molecular weight is 290 g/mol. The molecule has 2 aromatic carbocycles. The van der Waals surface area contributed by atoms with Gasteiger partial charge < -0.3 is 5.32 Å². The highest BCUT2D eigenvalue weighted by atomic mass is 35.5. The fraction of sp³-hybridized carbons (Fsp3) is 0.294. The van der Waals surface area contributed by atoms with E-state index >= 15 is 0 Å². The van der Waals surface area contributed by atoms with Crippen molar-refractivity contribution in [3.05, 3.63) is 70.5 Å². The van der Waals surface area contributed by atoms with Gasteiger partial charge in [-0.1, -0.05) is 48.0 Å². The minimum absolute atomic E-state index is 0.125. The minimum atomic E-state index is -0.353. The van der Waals surface area contributed by atoms with Crippen molar-refractivity contribution in [3.63, 3.8) is 0 Å². The van der Waals surface area contributed by atoms with E-state index in [1.54, 1.807) is 6.07 Å². The number of benzene rings is 2. The highest BCUT2D eigenvalue weighted by Crippen LogP contribution is 2.41. The van der Waals surface area contributed by atoms with E-state index in [4.69, 9.17) is 11.6 Å². The molecule has 3 unspecified atom stereocenters. The van der Waals surface area contributed by atoms with E-state index in [2.05, 4.69) is 36.5 Å². The predicted octanol–water partition coefficient (Wildman–Crippen LogP) is 4.69. The first-order valence-electron chi connectivity index (χ1n) is 6.91. The van der Waals surface area contributed by atoms with Gasteiger partial charge in [0.25, 0.3) is 0 Å². The lowest BCUT2D eigenvalue weighted by atomic mass is 10.1. The van der Waals surface area contributed by atoms with Crippen molar-refractivity contribution in [2.75, 3.05) is 0 Å². The summed E-state index contributed by atoms with van der Waals surface area (Å²) in [6.45, 7) is 2.06. The van der Waals surface area contributed by atoms with Crippen molar-refractivity contribution in [2.45, 2.75) is 31.3 Å². The molecule has 1 fully saturated rings. The Bertz CT molecular complexity index is 599. The zero-order chi connectivity index (χ0) is 14.1. The number of hydrogen-bond acceptors (Lipinski definition) is 1. The van der Waals surface area contributed by atoms with Crippen LogP contribution in [-0.4, -0.2) is 6.04 Å². The molecule has 3 rings (SSSR count). The standard InChI is InChI=1S/C17H17ClFN/c1-11(13-7-8-15(18)16(19)9-13)20-17-10-14(17)12-5-3-2-4-6-12/h2-9,11,14,17,20H,10H2,1H3. The smallest absolute Gasteiger partial charge is 0.142 e. The Morgan fingerprint density at radius 3 is 2.65 bits per heavy atom. The molecular formula is C17H17ClFN. The third-order valence-corrected chi connectivity index (χ3v) is 4.23. The Kier molecular flexibility index (Phi) is 3.77. The molecule has 0 spiro atoms. The summed E-state index contributed by atoms with van der Waals surface area (Å²) in [6, 6.07) is 16.1. The lowest BCUT2D eigenvalue weighted by Gasteiger charge is -2.14. The third kappa shape index (κ3) is 2.87. The van der Waals surface area contributed by atoms with Gasteiger partial charge in [0, 0.05) is 18.0 Å². The van der Waals surface area contributed by atoms with Crippen LogP contribution in [0.3, 0.4) is 0 Å². The molecule has 1 nitrogen and oxygen atoms in total. The molecule has 1 N–H and O–H groups in total. The summed E-state index contributed by atoms with van der Waals surface area (Å²) in [6.07, 6.45) is 1.14. The average Bonchev–Trinajstić information content (AvgIpc) is 3.22. The van der Waals surface area contributed by atoms with Gasteiger partial charge in [0.2, 0.25) is 0 Å². The summed E-state index contributed by atoms with van der Waals surface area (Å²) in [4.78, 5) is 0. The molecule has 1 aliphatic rings. The highest BCUT2D eigenvalue weighted by molar-refractivity contribution is 6.30. The summed E-state index contributed by atoms with van der Waals surface area (Å²) in [5.41, 5.74) is 2.31. The number of hydrogen-bond donors (Lipinski definition) is 1. The van der Waals surface area contributed by atoms with E-state index in [0.29, 0.717) is 12.0 Å². The maximum atomic E-state index is 13.5. The van der Waals surface area contributed by atoms with Gasteiger partial charge in [0.05, 0.1) is 5.02 Å². The molecule has 3 atom stereocenters. The maximum Gasteiger partial charge on any atom is 0.142 e. The Morgan fingerprint density at radius 1 is 1.20 bits per heavy atom. The molecule has 0 saturated heterocycles. The summed E-state index contributed by atoms with van der Waals surface area (Å²) in [5, 5.41) is 3.73. The molecule has 0 aromatic heterocycles. The summed E-state index contributed by atoms with van der Waals surface area (Å²) >= 11 is 5.71. The van der Waals surface area contributed by atoms with E-state index in [0.717, 1.165) is 12.0 Å². The minimum Gasteiger partial charge on any atom is -0.307 e. The summed E-state index contributed by atoms with van der Waals surface area (Å²) in [5.74, 6) is 0.226. The Labute approximate surface area is 123 Å². The van der Waals surface area contributed by atoms with Crippen molar-refractivity contribution in [1.29, 1.82) is 0 Å². The van der Waals surface area contributed by atoms with E-state index < -0.39 is 0 Å². The predicted molar refractivity (Wildman–Crippen MR) is 80.5 cm³/mol. The number of nitrogens with one attached hydrogen (secondary N) is 1. The Balaban J connectivity index is 1.63. The van der Waals surface area contributed by atoms with E-state index in [-0.39, 0.29) is 16.9 Å². The van der Waals surface area contributed by atoms with Crippen LogP contribution in [0.25, 0.3) is 0 Å². The fourth-order valence-corrected chi connectivity index (χ4v) is 2.76. The van der Waals surface area contributed by atoms with Crippen molar-refractivity contribution in [2.24, 2.45) is 0 Å². The molecule has 2 aromatic rings. The summed E-state index contributed by atoms with van der Waals surface area (Å²) in [7, 11) is 0. The second-order valence-electron chi connectivity index (χ2n) is 5.42. The van der Waals surface area contributed by atoms with Crippen LogP contribution in [0.1, 0.15) is 36.4 Å². The summed E-state index contributed by atoms with van der Waals surface area (Å²) < 4.78 is 13.5. The molecule has 0 amide bonds. The van der Waals surface area contributed by atoms with Crippen molar-refractivity contribution in [1.82, 2.24) is 5.32 Å². The van der Waals surface area contributed by atoms with Crippen molar-refractivity contribution >= 4 is 11.6 Å². The Hall–Kier alpha value is -1.38. The van der Waals surface area contributed by atoms with Gasteiger partial charge >= 0.3 is 0 Å². The second-order valence-corrected chi connectivity index (χ2v) is 5.83. The topological polar surface area (TPSA) is 12.0 Å². The van der Waals surface area contributed by atoms with Gasteiger partial charge in [0.1, 0.15) is 5.82 Å². The normalized spacial score (nSPS) is 22.6. The molecule has 1 saturated carbocycles. The second kappa shape index (κ2) is 5.55. The van der Waals surface area contributed by atoms with Gasteiger partial charge in [-0.05, 0) is 36.6 Å². The molecule has 104 valence electrons. The molecule has 20 heavy (non-hydrogen) atoms. The van der Waals surface area contributed by atoms with Crippen LogP contribution in [0.2, 0.25) is 5.02 Å². The van der Waals surface area contributed by atoms with Crippen molar-refractivity contribution in [3.8, 4) is 0 Å². The van der Waals surface area contributed by atoms with Gasteiger partial charge in [0.15, 0.2) is 0 Å². The molecule has 1 aliphatic carbocycles. The van der Waals surface area contributed by atoms with E-state index in [1.165, 1.54) is 11.6 Å². The van der Waals surface area contributed by atoms with Crippen LogP contribution in [-0.2, 0) is 0 Å². The van der Waals surface area contributed by atoms with E-state index in [1.807, 2.05) is 12.1 Å². The van der Waals surface area contributed by atoms with Crippen LogP contribution in [0.15, 0.2) is 48.5 Å². The number of halogens is 2. The first-order valence-corrected chi connectivity index (χ1v) is 7.29. The third-order valence-electron chi connectivity index (χ3n) is 3.93. The quantitative estimate of drug-likeness (QED) is 0.861. The van der Waals surface area contributed by atoms with Crippen LogP contribution in [0.4, 0.5) is 4.39 Å². The van der Waals surface area contributed by atoms with Crippen LogP contribution in [0, 0.1) is 5.82 Å². The van der Waals surface area contributed by atoms with Crippen LogP contribution < -0.4 is 5.32 Å². The van der Waals surface area contributed by atoms with Crippen LogP contribution in [0.5, 0.6) is 0 Å². The highest BCUT2D eigenvalue weighted by Gasteiger charge is 2.38. The van der Waals surface area contributed by atoms with Gasteiger partial charge in [-0.25, -0.2) is 4.39 Å². The van der Waals surface area contributed by atoms with Crippen LogP contribution >= 0.6 is 11.6 Å². The lowest BCUT2D eigenvalue weighted by Crippen LogP contribution is -2.22. The Morgan fingerprint density at radius 2 is 1.95 bits per heavy atom. The first-order chi connectivity index (χ1) is 9.65. The first kappa shape index (κ1) is 13.6. The molecular weight excluding hydrogens is 273 g/mol. The zero-order valence-electron chi connectivity index (χ0n) is 11.3. The van der Waals surface area contributed by atoms with Gasteiger partial charge in [-0.15, -0.1) is 0 Å². The van der Waals surface area contributed by atoms with Gasteiger partial charge in [-0.3, -0.25) is 0 Å². The molecule has 0 radical (unpaired) electrons. The largest absolute Gasteiger partial charge is 0.307 e. The molecule has 0 aliphatic heterocycles. The zero-order valence-corrected chi connectivity index (χ0v) is 12.1. The fourth-order valence-electron chi connectivity index (χ4n) is 2.65. The van der Waals surface area contributed by atoms with Crippen molar-refractivity contribution < 1.29 is 4.39 Å². The SMILES string of the molecule is CC(NC1CC1c1ccccc1)c1ccc(Cl)c(F)c1. The van der Waals surface area contributed by atoms with E-state index in [9.17, 15) is 4.39 Å². The maximum absolute atomic E-state index is 13.5. The molecule has 3 heteroatoms. The number of rotatable bonds is 4. The monoisotopic (exact) mass is 289 g/mol. The lowest BCUT2D eigenvalue weighted by molar-refractivity contribution is 0.555. The molecule has 0 bridgehead atoms. The van der Waals surface area contributed by atoms with Gasteiger partial charge in [-0.2, -0.15) is 0 Å².